The van der Waals surface area contributed by atoms with Crippen molar-refractivity contribution in [3.05, 3.63) is 18.0 Å². The third kappa shape index (κ3) is 4.12. The average molecular weight is 198 g/mol. The van der Waals surface area contributed by atoms with Gasteiger partial charge in [0.1, 0.15) is 11.4 Å². The fraction of sp³-hybridized carbons (Fsp3) is 0.545. The van der Waals surface area contributed by atoms with Crippen molar-refractivity contribution in [1.29, 1.82) is 0 Å². The Bertz CT molecular complexity index is 241. The summed E-state index contributed by atoms with van der Waals surface area (Å²) in [6, 6.07) is 0. The maximum Gasteiger partial charge on any atom is 0.182 e. The second kappa shape index (κ2) is 9.84. The highest BCUT2D eigenvalue weighted by Gasteiger charge is 2.06. The minimum absolute atomic E-state index is 0.694. The quantitative estimate of drug-likeness (QED) is 0.787. The van der Waals surface area contributed by atoms with Crippen molar-refractivity contribution >= 4 is 11.8 Å². The fourth-order valence-corrected chi connectivity index (χ4v) is 0.831. The fourth-order valence-electron chi connectivity index (χ4n) is 0.831. The number of nitrogens with one attached hydrogen (secondary N) is 1. The molecule has 82 valence electrons. The minimum atomic E-state index is 0.694. The van der Waals surface area contributed by atoms with Crippen LogP contribution >= 0.6 is 0 Å². The van der Waals surface area contributed by atoms with Crippen LogP contribution in [0.2, 0.25) is 0 Å². The topological polar surface area (TPSA) is 38.1 Å². The molecular weight excluding hydrogens is 176 g/mol. The molecule has 0 aliphatic carbocycles. The second-order valence-electron chi connectivity index (χ2n) is 1.96. The second-order valence-corrected chi connectivity index (χ2v) is 1.96. The molecule has 1 N–H and O–H groups in total. The number of aryl methyl sites for hydroxylation is 1. The Balaban J connectivity index is 0. The van der Waals surface area contributed by atoms with Gasteiger partial charge in [-0.15, -0.1) is 0 Å². The first kappa shape index (κ1) is 15.2. The van der Waals surface area contributed by atoms with Crippen LogP contribution in [0.25, 0.3) is 6.08 Å². The summed E-state index contributed by atoms with van der Waals surface area (Å²) in [5.41, 5.74) is 1.77. The molecule has 0 radical (unpaired) electrons. The normalized spacial score (nSPS) is 7.57. The highest BCUT2D eigenvalue weighted by atomic mass is 16.5. The van der Waals surface area contributed by atoms with Crippen LogP contribution in [0.3, 0.4) is 0 Å². The smallest absolute Gasteiger partial charge is 0.182 e. The van der Waals surface area contributed by atoms with Crippen molar-refractivity contribution in [1.82, 2.24) is 5.16 Å². The molecule has 0 saturated carbocycles. The summed E-state index contributed by atoms with van der Waals surface area (Å²) in [6.45, 7) is 13.5. The van der Waals surface area contributed by atoms with Gasteiger partial charge in [0.25, 0.3) is 0 Å². The van der Waals surface area contributed by atoms with Gasteiger partial charge in [0.2, 0.25) is 0 Å². The summed E-state index contributed by atoms with van der Waals surface area (Å²) >= 11 is 0. The lowest BCUT2D eigenvalue weighted by atomic mass is 10.3. The van der Waals surface area contributed by atoms with Crippen molar-refractivity contribution in [2.24, 2.45) is 0 Å². The maximum atomic E-state index is 4.90. The third-order valence-corrected chi connectivity index (χ3v) is 1.32. The molecule has 0 amide bonds. The third-order valence-electron chi connectivity index (χ3n) is 1.32. The van der Waals surface area contributed by atoms with Gasteiger partial charge in [-0.2, -0.15) is 0 Å². The molecule has 0 bridgehead atoms. The van der Waals surface area contributed by atoms with Gasteiger partial charge in [0.15, 0.2) is 5.76 Å². The molecule has 1 rings (SSSR count). The van der Waals surface area contributed by atoms with Gasteiger partial charge in [-0.25, -0.2) is 0 Å². The van der Waals surface area contributed by atoms with Crippen LogP contribution in [0.1, 0.15) is 39.1 Å². The number of hydrogen-bond donors (Lipinski definition) is 1. The van der Waals surface area contributed by atoms with E-state index in [1.807, 2.05) is 41.7 Å². The number of nitrogens with zero attached hydrogens (tertiary/aromatic N) is 1. The van der Waals surface area contributed by atoms with E-state index >= 15 is 0 Å². The minimum Gasteiger partial charge on any atom is -0.383 e. The van der Waals surface area contributed by atoms with Crippen LogP contribution in [0, 0.1) is 6.92 Å². The number of hydrogen-bond acceptors (Lipinski definition) is 3. The summed E-state index contributed by atoms with van der Waals surface area (Å²) < 4.78 is 4.90. The lowest BCUT2D eigenvalue weighted by molar-refractivity contribution is 0.408. The Kier molecular flexibility index (Phi) is 10.7. The van der Waals surface area contributed by atoms with E-state index in [0.717, 1.165) is 11.4 Å². The monoisotopic (exact) mass is 198 g/mol. The van der Waals surface area contributed by atoms with Gasteiger partial charge in [-0.3, -0.25) is 0 Å². The molecule has 3 heteroatoms. The van der Waals surface area contributed by atoms with E-state index in [9.17, 15) is 0 Å². The van der Waals surface area contributed by atoms with Gasteiger partial charge in [0.05, 0.1) is 0 Å². The van der Waals surface area contributed by atoms with Crippen molar-refractivity contribution < 1.29 is 4.52 Å². The molecule has 0 aliphatic heterocycles. The molecule has 0 fully saturated rings. The molecule has 0 aromatic carbocycles. The first-order chi connectivity index (χ1) is 6.79. The molecule has 1 heterocycles. The zero-order valence-corrected chi connectivity index (χ0v) is 10.1. The van der Waals surface area contributed by atoms with Crippen molar-refractivity contribution in [2.75, 3.05) is 12.4 Å². The van der Waals surface area contributed by atoms with Gasteiger partial charge in [-0.1, -0.05) is 39.4 Å². The molecule has 14 heavy (non-hydrogen) atoms. The predicted molar refractivity (Wildman–Crippen MR) is 63.6 cm³/mol. The van der Waals surface area contributed by atoms with Gasteiger partial charge >= 0.3 is 0 Å². The molecule has 0 atom stereocenters. The number of rotatable bonds is 2. The predicted octanol–water partition coefficient (Wildman–Crippen LogP) is 3.72. The first-order valence-electron chi connectivity index (χ1n) is 5.06. The molecule has 0 saturated heterocycles. The van der Waals surface area contributed by atoms with Gasteiger partial charge < -0.3 is 9.84 Å². The van der Waals surface area contributed by atoms with E-state index in [2.05, 4.69) is 17.1 Å². The van der Waals surface area contributed by atoms with Crippen LogP contribution in [0.4, 0.5) is 5.69 Å². The van der Waals surface area contributed by atoms with E-state index in [1.54, 1.807) is 6.08 Å². The standard InChI is InChI=1S/C7H10N2O.2C2H6/c1-4-6-7(8-3)5(2)9-10-6;2*1-2/h4,8H,1H2,2-3H3;2*1-2H3. The largest absolute Gasteiger partial charge is 0.383 e. The molecule has 0 spiro atoms. The number of anilines is 1. The van der Waals surface area contributed by atoms with Crippen LogP contribution in [0.5, 0.6) is 0 Å². The van der Waals surface area contributed by atoms with Crippen LogP contribution in [-0.4, -0.2) is 12.2 Å². The Hall–Kier alpha value is -1.25. The average Bonchev–Trinajstić information content (AvgIpc) is 2.64. The highest BCUT2D eigenvalue weighted by Crippen LogP contribution is 2.19. The van der Waals surface area contributed by atoms with Crippen molar-refractivity contribution in [2.45, 2.75) is 34.6 Å². The lowest BCUT2D eigenvalue weighted by Crippen LogP contribution is -1.89. The van der Waals surface area contributed by atoms with Gasteiger partial charge in [0, 0.05) is 7.05 Å². The number of aromatic nitrogens is 1. The van der Waals surface area contributed by atoms with Crippen LogP contribution in [-0.2, 0) is 0 Å². The lowest BCUT2D eigenvalue weighted by Gasteiger charge is -1.93. The molecule has 1 aromatic rings. The van der Waals surface area contributed by atoms with E-state index in [4.69, 9.17) is 4.52 Å². The van der Waals surface area contributed by atoms with E-state index < -0.39 is 0 Å². The zero-order valence-electron chi connectivity index (χ0n) is 10.1. The Morgan fingerprint density at radius 2 is 1.79 bits per heavy atom. The van der Waals surface area contributed by atoms with E-state index in [0.29, 0.717) is 5.76 Å². The molecule has 3 nitrogen and oxygen atoms in total. The molecular formula is C11H22N2O. The molecule has 1 aromatic heterocycles. The first-order valence-corrected chi connectivity index (χ1v) is 5.06. The van der Waals surface area contributed by atoms with Crippen molar-refractivity contribution in [3.8, 4) is 0 Å². The molecule has 0 unspecified atom stereocenters. The van der Waals surface area contributed by atoms with E-state index in [-0.39, 0.29) is 0 Å². The summed E-state index contributed by atoms with van der Waals surface area (Å²) in [5, 5.41) is 6.72. The zero-order chi connectivity index (χ0) is 11.6. The highest BCUT2D eigenvalue weighted by molar-refractivity contribution is 5.62. The summed E-state index contributed by atoms with van der Waals surface area (Å²) in [5.74, 6) is 0.694. The van der Waals surface area contributed by atoms with Crippen LogP contribution in [0.15, 0.2) is 11.1 Å². The maximum absolute atomic E-state index is 4.90. The van der Waals surface area contributed by atoms with Crippen LogP contribution < -0.4 is 5.32 Å². The Morgan fingerprint density at radius 1 is 1.29 bits per heavy atom. The summed E-state index contributed by atoms with van der Waals surface area (Å²) in [4.78, 5) is 0. The van der Waals surface area contributed by atoms with Gasteiger partial charge in [-0.05, 0) is 13.0 Å². The Labute approximate surface area is 87.2 Å². The summed E-state index contributed by atoms with van der Waals surface area (Å²) in [7, 11) is 1.83. The molecule has 0 aliphatic rings. The summed E-state index contributed by atoms with van der Waals surface area (Å²) in [6.07, 6.45) is 1.63. The van der Waals surface area contributed by atoms with Crippen molar-refractivity contribution in [3.63, 3.8) is 0 Å². The Morgan fingerprint density at radius 3 is 2.07 bits per heavy atom. The SMILES string of the molecule is C=Cc1onc(C)c1NC.CC.CC. The van der Waals surface area contributed by atoms with E-state index in [1.165, 1.54) is 0 Å².